The van der Waals surface area contributed by atoms with Crippen molar-refractivity contribution in [1.29, 1.82) is 0 Å². The maximum Gasteiger partial charge on any atom is 0.239 e. The zero-order valence-electron chi connectivity index (χ0n) is 15.9. The van der Waals surface area contributed by atoms with E-state index in [9.17, 15) is 17.6 Å². The molecule has 9 heteroatoms. The van der Waals surface area contributed by atoms with Gasteiger partial charge in [-0.25, -0.2) is 12.8 Å². The third kappa shape index (κ3) is 4.92. The van der Waals surface area contributed by atoms with Crippen molar-refractivity contribution in [3.05, 3.63) is 42.2 Å². The lowest BCUT2D eigenvalue weighted by atomic mass is 10.3. The fourth-order valence-electron chi connectivity index (χ4n) is 2.48. The summed E-state index contributed by atoms with van der Waals surface area (Å²) >= 11 is 0. The van der Waals surface area contributed by atoms with Crippen molar-refractivity contribution < 1.29 is 27.1 Å². The third-order valence-corrected chi connectivity index (χ3v) is 5.70. The first-order valence-corrected chi connectivity index (χ1v) is 10.1. The minimum Gasteiger partial charge on any atom is -0.493 e. The van der Waals surface area contributed by atoms with E-state index in [4.69, 9.17) is 9.47 Å². The van der Waals surface area contributed by atoms with E-state index >= 15 is 0 Å². The van der Waals surface area contributed by atoms with Crippen LogP contribution < -0.4 is 20.1 Å². The second-order valence-corrected chi connectivity index (χ2v) is 7.78. The highest BCUT2D eigenvalue weighted by Gasteiger charge is 2.24. The summed E-state index contributed by atoms with van der Waals surface area (Å²) in [5.41, 5.74) is 0.128. The number of sulfone groups is 1. The van der Waals surface area contributed by atoms with Gasteiger partial charge < -0.3 is 20.1 Å². The lowest BCUT2D eigenvalue weighted by molar-refractivity contribution is -0.119. The van der Waals surface area contributed by atoms with Crippen molar-refractivity contribution in [3.8, 4) is 11.5 Å². The van der Waals surface area contributed by atoms with Gasteiger partial charge in [-0.05, 0) is 36.8 Å². The lowest BCUT2D eigenvalue weighted by Crippen LogP contribution is -2.30. The molecule has 2 aromatic rings. The number of ether oxygens (including phenoxy) is 2. The molecule has 0 atom stereocenters. The van der Waals surface area contributed by atoms with Gasteiger partial charge in [-0.15, -0.1) is 0 Å². The number of hydrogen-bond donors (Lipinski definition) is 2. The summed E-state index contributed by atoms with van der Waals surface area (Å²) in [7, 11) is -1.26. The minimum absolute atomic E-state index is 0.0887. The van der Waals surface area contributed by atoms with Crippen LogP contribution in [0.25, 0.3) is 0 Å². The largest absolute Gasteiger partial charge is 0.493 e. The highest BCUT2D eigenvalue weighted by Crippen LogP contribution is 2.34. The Morgan fingerprint density at radius 3 is 2.43 bits per heavy atom. The summed E-state index contributed by atoms with van der Waals surface area (Å²) in [6.07, 6.45) is 0.779. The van der Waals surface area contributed by atoms with Gasteiger partial charge >= 0.3 is 0 Å². The van der Waals surface area contributed by atoms with E-state index in [-0.39, 0.29) is 33.7 Å². The van der Waals surface area contributed by atoms with Crippen molar-refractivity contribution >= 4 is 21.4 Å². The maximum absolute atomic E-state index is 13.8. The molecule has 0 spiro atoms. The molecule has 2 aromatic carbocycles. The molecule has 1 amide bonds. The molecule has 152 valence electrons. The van der Waals surface area contributed by atoms with Gasteiger partial charge in [-0.3, -0.25) is 4.79 Å². The van der Waals surface area contributed by atoms with Crippen LogP contribution in [0.1, 0.15) is 13.3 Å². The van der Waals surface area contributed by atoms with E-state index in [2.05, 4.69) is 10.6 Å². The summed E-state index contributed by atoms with van der Waals surface area (Å²) in [5.74, 6) is -0.402. The zero-order valence-corrected chi connectivity index (χ0v) is 16.7. The first kappa shape index (κ1) is 21.5. The number of nitrogens with one attached hydrogen (secondary N) is 2. The minimum atomic E-state index is -4.08. The fraction of sp³-hybridized carbons (Fsp3) is 0.316. The lowest BCUT2D eigenvalue weighted by Gasteiger charge is -2.14. The molecular formula is C19H23FN2O5S. The van der Waals surface area contributed by atoms with Crippen LogP contribution in [-0.4, -0.2) is 41.6 Å². The van der Waals surface area contributed by atoms with Gasteiger partial charge in [0.25, 0.3) is 0 Å². The second kappa shape index (κ2) is 9.41. The molecule has 7 nitrogen and oxygen atoms in total. The van der Waals surface area contributed by atoms with Crippen LogP contribution >= 0.6 is 0 Å². The molecule has 0 fully saturated rings. The zero-order chi connectivity index (χ0) is 20.7. The van der Waals surface area contributed by atoms with E-state index in [0.29, 0.717) is 12.3 Å². The number of halogens is 1. The number of benzene rings is 2. The summed E-state index contributed by atoms with van der Waals surface area (Å²) in [5, 5.41) is 5.44. The molecule has 0 heterocycles. The first-order valence-electron chi connectivity index (χ1n) is 8.60. The number of carbonyl (C=O) groups excluding carboxylic acids is 1. The molecule has 0 aliphatic rings. The van der Waals surface area contributed by atoms with Crippen LogP contribution in [0.15, 0.2) is 46.2 Å². The molecule has 2 rings (SSSR count). The van der Waals surface area contributed by atoms with Crippen molar-refractivity contribution in [2.45, 2.75) is 23.1 Å². The molecule has 0 aliphatic carbocycles. The molecular weight excluding hydrogens is 387 g/mol. The SMILES string of the molecule is CCCNC(=O)CNc1ccc(F)cc1S(=O)(=O)c1ccc(OC)c(OC)c1. The Morgan fingerprint density at radius 2 is 1.79 bits per heavy atom. The van der Waals surface area contributed by atoms with Gasteiger partial charge in [0.1, 0.15) is 5.82 Å². The Balaban J connectivity index is 2.39. The van der Waals surface area contributed by atoms with E-state index in [1.165, 1.54) is 38.5 Å². The van der Waals surface area contributed by atoms with Gasteiger partial charge in [0.2, 0.25) is 15.7 Å². The summed E-state index contributed by atoms with van der Waals surface area (Å²) < 4.78 is 50.2. The van der Waals surface area contributed by atoms with Gasteiger partial charge in [0.15, 0.2) is 11.5 Å². The molecule has 0 saturated heterocycles. The smallest absolute Gasteiger partial charge is 0.239 e. The Morgan fingerprint density at radius 1 is 1.07 bits per heavy atom. The maximum atomic E-state index is 13.8. The van der Waals surface area contributed by atoms with Gasteiger partial charge in [0.05, 0.1) is 36.2 Å². The molecule has 0 radical (unpaired) electrons. The van der Waals surface area contributed by atoms with Crippen LogP contribution in [0.4, 0.5) is 10.1 Å². The van der Waals surface area contributed by atoms with Crippen LogP contribution in [0.2, 0.25) is 0 Å². The van der Waals surface area contributed by atoms with Gasteiger partial charge in [0, 0.05) is 12.6 Å². The quantitative estimate of drug-likeness (QED) is 0.660. The second-order valence-electron chi connectivity index (χ2n) is 5.86. The topological polar surface area (TPSA) is 93.7 Å². The number of anilines is 1. The summed E-state index contributed by atoms with van der Waals surface area (Å²) in [6.45, 7) is 2.29. The van der Waals surface area contributed by atoms with Gasteiger partial charge in [-0.2, -0.15) is 0 Å². The molecule has 0 unspecified atom stereocenters. The van der Waals surface area contributed by atoms with Crippen molar-refractivity contribution in [1.82, 2.24) is 5.32 Å². The van der Waals surface area contributed by atoms with Crippen molar-refractivity contribution in [3.63, 3.8) is 0 Å². The van der Waals surface area contributed by atoms with E-state index in [1.807, 2.05) is 6.92 Å². The van der Waals surface area contributed by atoms with Crippen LogP contribution in [0.5, 0.6) is 11.5 Å². The normalized spacial score (nSPS) is 11.0. The van der Waals surface area contributed by atoms with Crippen molar-refractivity contribution in [2.24, 2.45) is 0 Å². The average Bonchev–Trinajstić information content (AvgIpc) is 2.70. The Labute approximate surface area is 163 Å². The van der Waals surface area contributed by atoms with E-state index in [0.717, 1.165) is 18.6 Å². The Kier molecular flexibility index (Phi) is 7.22. The van der Waals surface area contributed by atoms with E-state index < -0.39 is 15.7 Å². The van der Waals surface area contributed by atoms with Crippen molar-refractivity contribution in [2.75, 3.05) is 32.6 Å². The number of hydrogen-bond acceptors (Lipinski definition) is 6. The van der Waals surface area contributed by atoms with E-state index in [1.54, 1.807) is 0 Å². The molecule has 2 N–H and O–H groups in total. The molecule has 0 aliphatic heterocycles. The fourth-order valence-corrected chi connectivity index (χ4v) is 3.94. The monoisotopic (exact) mass is 410 g/mol. The average molecular weight is 410 g/mol. The standard InChI is InChI=1S/C19H23FN2O5S/c1-4-9-21-19(23)12-22-15-7-5-13(20)10-18(15)28(24,25)14-6-8-16(26-2)17(11-14)27-3/h5-8,10-11,22H,4,9,12H2,1-3H3,(H,21,23). The summed E-state index contributed by atoms with van der Waals surface area (Å²) in [6, 6.07) is 7.43. The number of methoxy groups -OCH3 is 2. The first-order chi connectivity index (χ1) is 13.3. The number of amides is 1. The Hall–Kier alpha value is -2.81. The van der Waals surface area contributed by atoms with Gasteiger partial charge in [-0.1, -0.05) is 6.92 Å². The molecule has 28 heavy (non-hydrogen) atoms. The molecule has 0 aromatic heterocycles. The highest BCUT2D eigenvalue weighted by atomic mass is 32.2. The predicted molar refractivity (Wildman–Crippen MR) is 103 cm³/mol. The molecule has 0 bridgehead atoms. The van der Waals surface area contributed by atoms with Crippen LogP contribution in [0.3, 0.4) is 0 Å². The predicted octanol–water partition coefficient (Wildman–Crippen LogP) is 2.61. The molecule has 0 saturated carbocycles. The van der Waals surface area contributed by atoms with Crippen LogP contribution in [-0.2, 0) is 14.6 Å². The highest BCUT2D eigenvalue weighted by molar-refractivity contribution is 7.91. The summed E-state index contributed by atoms with van der Waals surface area (Å²) in [4.78, 5) is 11.4. The Bertz CT molecular complexity index is 947. The number of rotatable bonds is 9. The van der Waals surface area contributed by atoms with Crippen LogP contribution in [0, 0.1) is 5.82 Å². The number of carbonyl (C=O) groups is 1. The third-order valence-electron chi connectivity index (χ3n) is 3.91.